The third kappa shape index (κ3) is 1.40. The number of hydrogen-bond acceptors (Lipinski definition) is 2. The Morgan fingerprint density at radius 3 is 3.00 bits per heavy atom. The molecule has 2 heteroatoms. The Balaban J connectivity index is 1.95. The van der Waals surface area contributed by atoms with E-state index < -0.39 is 0 Å². The van der Waals surface area contributed by atoms with Crippen molar-refractivity contribution in [3.05, 3.63) is 0 Å². The molecule has 68 valence electrons. The highest BCUT2D eigenvalue weighted by Crippen LogP contribution is 2.37. The van der Waals surface area contributed by atoms with Gasteiger partial charge in [-0.25, -0.2) is 0 Å². The fourth-order valence-corrected chi connectivity index (χ4v) is 2.81. The van der Waals surface area contributed by atoms with Gasteiger partial charge < -0.3 is 0 Å². The lowest BCUT2D eigenvalue weighted by molar-refractivity contribution is -0.118. The number of fused-ring (bicyclic) bond motifs is 1. The molecule has 2 rings (SSSR count). The molecule has 0 aromatic carbocycles. The molecule has 1 heterocycles. The number of ketones is 1. The number of likely N-dealkylation sites (tertiary alicyclic amines) is 1. The molecule has 0 aromatic heterocycles. The van der Waals surface area contributed by atoms with Gasteiger partial charge >= 0.3 is 0 Å². The number of carbonyl (C=O) groups excluding carboxylic acids is 1. The summed E-state index contributed by atoms with van der Waals surface area (Å²) in [6.45, 7) is 3.55. The molecule has 0 bridgehead atoms. The van der Waals surface area contributed by atoms with E-state index in [0.717, 1.165) is 18.5 Å². The summed E-state index contributed by atoms with van der Waals surface area (Å²) in [6.07, 6.45) is 5.44. The van der Waals surface area contributed by atoms with Crippen molar-refractivity contribution in [3.63, 3.8) is 0 Å². The summed E-state index contributed by atoms with van der Waals surface area (Å²) < 4.78 is 0. The van der Waals surface area contributed by atoms with E-state index in [0.29, 0.717) is 12.3 Å². The average Bonchev–Trinajstić information content (AvgIpc) is 2.52. The van der Waals surface area contributed by atoms with E-state index in [1.54, 1.807) is 6.92 Å². The Morgan fingerprint density at radius 2 is 2.25 bits per heavy atom. The van der Waals surface area contributed by atoms with E-state index in [4.69, 9.17) is 0 Å². The SMILES string of the molecule is CC(=O)CN1CCC2CCCC21. The topological polar surface area (TPSA) is 20.3 Å². The first-order valence-corrected chi connectivity index (χ1v) is 5.01. The molecule has 2 aliphatic rings. The number of nitrogens with zero attached hydrogens (tertiary/aromatic N) is 1. The van der Waals surface area contributed by atoms with Crippen LogP contribution in [0.15, 0.2) is 0 Å². The van der Waals surface area contributed by atoms with Crippen LogP contribution >= 0.6 is 0 Å². The molecule has 1 aliphatic carbocycles. The highest BCUT2D eigenvalue weighted by atomic mass is 16.1. The maximum absolute atomic E-state index is 10.9. The maximum atomic E-state index is 10.9. The third-order valence-electron chi connectivity index (χ3n) is 3.30. The standard InChI is InChI=1S/C10H17NO/c1-8(12)7-11-6-5-9-3-2-4-10(9)11/h9-10H,2-7H2,1H3. The Morgan fingerprint density at radius 1 is 1.42 bits per heavy atom. The molecular formula is C10H17NO. The first-order valence-electron chi connectivity index (χ1n) is 5.01. The molecule has 1 saturated heterocycles. The van der Waals surface area contributed by atoms with Crippen LogP contribution < -0.4 is 0 Å². The van der Waals surface area contributed by atoms with Crippen LogP contribution in [0.25, 0.3) is 0 Å². The second-order valence-electron chi connectivity index (χ2n) is 4.22. The number of rotatable bonds is 2. The van der Waals surface area contributed by atoms with Crippen molar-refractivity contribution in [2.45, 2.75) is 38.6 Å². The minimum atomic E-state index is 0.322. The van der Waals surface area contributed by atoms with Crippen LogP contribution in [0, 0.1) is 5.92 Å². The summed E-state index contributed by atoms with van der Waals surface area (Å²) in [5.74, 6) is 1.24. The molecule has 0 radical (unpaired) electrons. The van der Waals surface area contributed by atoms with Gasteiger partial charge in [-0.2, -0.15) is 0 Å². The quantitative estimate of drug-likeness (QED) is 0.620. The Labute approximate surface area is 73.9 Å². The molecule has 2 nitrogen and oxygen atoms in total. The number of carbonyl (C=O) groups is 1. The highest BCUT2D eigenvalue weighted by molar-refractivity contribution is 5.77. The van der Waals surface area contributed by atoms with Gasteiger partial charge in [-0.3, -0.25) is 9.69 Å². The van der Waals surface area contributed by atoms with Gasteiger partial charge in [-0.1, -0.05) is 6.42 Å². The summed E-state index contributed by atoms with van der Waals surface area (Å²) in [6, 6.07) is 0.758. The summed E-state index contributed by atoms with van der Waals surface area (Å²) in [5, 5.41) is 0. The van der Waals surface area contributed by atoms with Gasteiger partial charge in [0.1, 0.15) is 5.78 Å². The first kappa shape index (κ1) is 8.24. The van der Waals surface area contributed by atoms with E-state index in [1.807, 2.05) is 0 Å². The van der Waals surface area contributed by atoms with Crippen LogP contribution in [0.3, 0.4) is 0 Å². The fraction of sp³-hybridized carbons (Fsp3) is 0.900. The zero-order valence-corrected chi connectivity index (χ0v) is 7.75. The molecular weight excluding hydrogens is 150 g/mol. The van der Waals surface area contributed by atoms with Crippen LogP contribution in [0.2, 0.25) is 0 Å². The number of Topliss-reactive ketones (excluding diaryl/α,β-unsaturated/α-hetero) is 1. The van der Waals surface area contributed by atoms with E-state index in [-0.39, 0.29) is 0 Å². The average molecular weight is 167 g/mol. The van der Waals surface area contributed by atoms with Gasteiger partial charge in [0.15, 0.2) is 0 Å². The predicted molar refractivity (Wildman–Crippen MR) is 48.0 cm³/mol. The second-order valence-corrected chi connectivity index (χ2v) is 4.22. The zero-order chi connectivity index (χ0) is 8.55. The molecule has 0 aromatic rings. The van der Waals surface area contributed by atoms with Gasteiger partial charge in [-0.05, 0) is 38.6 Å². The fourth-order valence-electron chi connectivity index (χ4n) is 2.81. The summed E-state index contributed by atoms with van der Waals surface area (Å²) in [7, 11) is 0. The lowest BCUT2D eigenvalue weighted by Crippen LogP contribution is -2.33. The van der Waals surface area contributed by atoms with Crippen molar-refractivity contribution < 1.29 is 4.79 Å². The highest BCUT2D eigenvalue weighted by Gasteiger charge is 2.37. The molecule has 1 aliphatic heterocycles. The van der Waals surface area contributed by atoms with Crippen LogP contribution in [0.4, 0.5) is 0 Å². The van der Waals surface area contributed by atoms with E-state index in [9.17, 15) is 4.79 Å². The maximum Gasteiger partial charge on any atom is 0.143 e. The Kier molecular flexibility index (Phi) is 2.18. The van der Waals surface area contributed by atoms with Crippen LogP contribution in [-0.2, 0) is 4.79 Å². The molecule has 0 spiro atoms. The smallest absolute Gasteiger partial charge is 0.143 e. The zero-order valence-electron chi connectivity index (χ0n) is 7.75. The van der Waals surface area contributed by atoms with E-state index in [2.05, 4.69) is 4.90 Å². The number of hydrogen-bond donors (Lipinski definition) is 0. The molecule has 0 N–H and O–H groups in total. The van der Waals surface area contributed by atoms with Gasteiger partial charge in [0, 0.05) is 6.04 Å². The molecule has 2 atom stereocenters. The second kappa shape index (κ2) is 3.17. The van der Waals surface area contributed by atoms with E-state index in [1.165, 1.54) is 25.7 Å². The molecule has 2 fully saturated rings. The molecule has 0 amide bonds. The lowest BCUT2D eigenvalue weighted by atomic mass is 10.0. The Bertz CT molecular complexity index is 190. The van der Waals surface area contributed by atoms with Crippen molar-refractivity contribution in [2.24, 2.45) is 5.92 Å². The predicted octanol–water partition coefficient (Wildman–Crippen LogP) is 1.45. The largest absolute Gasteiger partial charge is 0.299 e. The van der Waals surface area contributed by atoms with Gasteiger partial charge in [-0.15, -0.1) is 0 Å². The summed E-state index contributed by atoms with van der Waals surface area (Å²) in [4.78, 5) is 13.3. The molecule has 2 unspecified atom stereocenters. The third-order valence-corrected chi connectivity index (χ3v) is 3.30. The monoisotopic (exact) mass is 167 g/mol. The normalized spacial score (nSPS) is 35.4. The van der Waals surface area contributed by atoms with E-state index >= 15 is 0 Å². The van der Waals surface area contributed by atoms with Gasteiger partial charge in [0.25, 0.3) is 0 Å². The van der Waals surface area contributed by atoms with Crippen LogP contribution in [0.1, 0.15) is 32.6 Å². The first-order chi connectivity index (χ1) is 5.77. The van der Waals surface area contributed by atoms with Crippen LogP contribution in [-0.4, -0.2) is 29.8 Å². The van der Waals surface area contributed by atoms with Crippen molar-refractivity contribution >= 4 is 5.78 Å². The summed E-state index contributed by atoms with van der Waals surface area (Å²) in [5.41, 5.74) is 0. The minimum Gasteiger partial charge on any atom is -0.299 e. The van der Waals surface area contributed by atoms with Crippen molar-refractivity contribution in [1.82, 2.24) is 4.90 Å². The van der Waals surface area contributed by atoms with Crippen LogP contribution in [0.5, 0.6) is 0 Å². The molecule has 1 saturated carbocycles. The molecule has 12 heavy (non-hydrogen) atoms. The van der Waals surface area contributed by atoms with Crippen molar-refractivity contribution in [1.29, 1.82) is 0 Å². The minimum absolute atomic E-state index is 0.322. The Hall–Kier alpha value is -0.370. The van der Waals surface area contributed by atoms with Gasteiger partial charge in [0.2, 0.25) is 0 Å². The lowest BCUT2D eigenvalue weighted by Gasteiger charge is -2.21. The van der Waals surface area contributed by atoms with Gasteiger partial charge in [0.05, 0.1) is 6.54 Å². The van der Waals surface area contributed by atoms with Crippen molar-refractivity contribution in [2.75, 3.05) is 13.1 Å². The summed E-state index contributed by atoms with van der Waals surface area (Å²) >= 11 is 0. The van der Waals surface area contributed by atoms with Crippen molar-refractivity contribution in [3.8, 4) is 0 Å².